The van der Waals surface area contributed by atoms with Crippen molar-refractivity contribution >= 4 is 11.9 Å². The Bertz CT molecular complexity index is 345. The van der Waals surface area contributed by atoms with Crippen LogP contribution in [0.5, 0.6) is 0 Å². The Labute approximate surface area is 127 Å². The molecule has 0 rings (SSSR count). The predicted octanol–water partition coefficient (Wildman–Crippen LogP) is 4.56. The van der Waals surface area contributed by atoms with Crippen molar-refractivity contribution in [1.29, 1.82) is 0 Å². The van der Waals surface area contributed by atoms with Gasteiger partial charge in [-0.25, -0.2) is 4.79 Å². The van der Waals surface area contributed by atoms with Gasteiger partial charge in [-0.3, -0.25) is 4.79 Å². The lowest BCUT2D eigenvalue weighted by molar-refractivity contribution is -0.137. The van der Waals surface area contributed by atoms with Gasteiger partial charge in [0.15, 0.2) is 0 Å². The maximum Gasteiger partial charge on any atom is 0.335 e. The van der Waals surface area contributed by atoms with E-state index in [0.29, 0.717) is 0 Å². The monoisotopic (exact) mass is 296 g/mol. The van der Waals surface area contributed by atoms with E-state index >= 15 is 0 Å². The van der Waals surface area contributed by atoms with Crippen LogP contribution in [0.25, 0.3) is 0 Å². The molecule has 0 atom stereocenters. The van der Waals surface area contributed by atoms with E-state index in [9.17, 15) is 9.59 Å². The first kappa shape index (κ1) is 19.4. The van der Waals surface area contributed by atoms with Crippen LogP contribution in [-0.2, 0) is 9.59 Å². The summed E-state index contributed by atoms with van der Waals surface area (Å²) in [6, 6.07) is 0. The molecule has 0 saturated carbocycles. The smallest absolute Gasteiger partial charge is 0.335 e. The van der Waals surface area contributed by atoms with Crippen LogP contribution in [0.3, 0.4) is 0 Å². The molecule has 0 spiro atoms. The zero-order valence-corrected chi connectivity index (χ0v) is 12.9. The molecule has 0 aromatic heterocycles. The van der Waals surface area contributed by atoms with Crippen LogP contribution in [-0.4, -0.2) is 22.2 Å². The van der Waals surface area contributed by atoms with Crippen LogP contribution >= 0.6 is 0 Å². The first-order chi connectivity index (χ1) is 10.1. The molecule has 0 radical (unpaired) electrons. The van der Waals surface area contributed by atoms with Gasteiger partial charge in [0.05, 0.1) is 5.57 Å². The second kappa shape index (κ2) is 13.4. The highest BCUT2D eigenvalue weighted by molar-refractivity contribution is 5.89. The van der Waals surface area contributed by atoms with Crippen LogP contribution in [0.2, 0.25) is 0 Å². The lowest BCUT2D eigenvalue weighted by atomic mass is 10.1. The molecule has 0 saturated heterocycles. The molecular weight excluding hydrogens is 268 g/mol. The highest BCUT2D eigenvalue weighted by atomic mass is 16.4. The molecule has 0 aliphatic carbocycles. The normalized spacial score (nSPS) is 11.3. The molecule has 0 aromatic rings. The summed E-state index contributed by atoms with van der Waals surface area (Å²) in [5.41, 5.74) is 0.288. The van der Waals surface area contributed by atoms with E-state index in [0.717, 1.165) is 38.5 Å². The minimum Gasteiger partial charge on any atom is -0.481 e. The molecule has 120 valence electrons. The molecule has 2 N–H and O–H groups in total. The summed E-state index contributed by atoms with van der Waals surface area (Å²) in [6.07, 6.45) is 14.0. The summed E-state index contributed by atoms with van der Waals surface area (Å²) in [7, 11) is 0. The average molecular weight is 296 g/mol. The second-order valence-electron chi connectivity index (χ2n) is 5.28. The van der Waals surface area contributed by atoms with E-state index in [2.05, 4.69) is 6.58 Å². The first-order valence-electron chi connectivity index (χ1n) is 7.85. The molecule has 0 unspecified atom stereocenters. The van der Waals surface area contributed by atoms with Crippen molar-refractivity contribution in [3.8, 4) is 0 Å². The van der Waals surface area contributed by atoms with E-state index in [1.807, 2.05) is 0 Å². The van der Waals surface area contributed by atoms with E-state index in [-0.39, 0.29) is 12.0 Å². The number of hydrogen-bond donors (Lipinski definition) is 2. The fourth-order valence-electron chi connectivity index (χ4n) is 2.17. The maximum absolute atomic E-state index is 10.7. The highest BCUT2D eigenvalue weighted by Gasteiger charge is 2.00. The molecule has 0 aliphatic rings. The SMILES string of the molecule is C=CC(=CCCCCCCCCCCCC(=O)O)C(=O)O. The summed E-state index contributed by atoms with van der Waals surface area (Å²) in [4.78, 5) is 21.0. The van der Waals surface area contributed by atoms with Crippen LogP contribution in [0.4, 0.5) is 0 Å². The molecule has 4 heteroatoms. The van der Waals surface area contributed by atoms with Gasteiger partial charge in [-0.05, 0) is 19.3 Å². The minimum absolute atomic E-state index is 0.288. The van der Waals surface area contributed by atoms with E-state index in [4.69, 9.17) is 10.2 Å². The Balaban J connectivity index is 3.31. The molecular formula is C17H28O4. The predicted molar refractivity (Wildman–Crippen MR) is 84.3 cm³/mol. The van der Waals surface area contributed by atoms with Crippen LogP contribution in [0.1, 0.15) is 70.6 Å². The molecule has 4 nitrogen and oxygen atoms in total. The molecule has 0 aliphatic heterocycles. The number of allylic oxidation sites excluding steroid dienone is 1. The number of rotatable bonds is 14. The zero-order valence-electron chi connectivity index (χ0n) is 12.9. The third-order valence-electron chi connectivity index (χ3n) is 3.43. The lowest BCUT2D eigenvalue weighted by Gasteiger charge is -2.01. The summed E-state index contributed by atoms with van der Waals surface area (Å²) in [5, 5.41) is 17.3. The second-order valence-corrected chi connectivity index (χ2v) is 5.28. The molecule has 0 amide bonds. The minimum atomic E-state index is -0.909. The Hall–Kier alpha value is -1.58. The van der Waals surface area contributed by atoms with Crippen molar-refractivity contribution in [2.45, 2.75) is 70.6 Å². The number of hydrogen-bond acceptors (Lipinski definition) is 2. The van der Waals surface area contributed by atoms with Gasteiger partial charge in [0.2, 0.25) is 0 Å². The fraction of sp³-hybridized carbons (Fsp3) is 0.647. The Kier molecular flexibility index (Phi) is 12.4. The number of carboxylic acid groups (broad SMARTS) is 2. The third-order valence-corrected chi connectivity index (χ3v) is 3.43. The van der Waals surface area contributed by atoms with E-state index in [1.165, 1.54) is 31.8 Å². The molecule has 0 bridgehead atoms. The van der Waals surface area contributed by atoms with Gasteiger partial charge in [-0.15, -0.1) is 0 Å². The molecule has 21 heavy (non-hydrogen) atoms. The van der Waals surface area contributed by atoms with Crippen molar-refractivity contribution in [2.24, 2.45) is 0 Å². The van der Waals surface area contributed by atoms with E-state index < -0.39 is 11.9 Å². The topological polar surface area (TPSA) is 74.6 Å². The van der Waals surface area contributed by atoms with Crippen molar-refractivity contribution < 1.29 is 19.8 Å². The van der Waals surface area contributed by atoms with Crippen molar-refractivity contribution in [3.63, 3.8) is 0 Å². The van der Waals surface area contributed by atoms with Gasteiger partial charge >= 0.3 is 11.9 Å². The van der Waals surface area contributed by atoms with Crippen molar-refractivity contribution in [2.75, 3.05) is 0 Å². The molecule has 0 heterocycles. The highest BCUT2D eigenvalue weighted by Crippen LogP contribution is 2.12. The number of carbonyl (C=O) groups is 2. The number of unbranched alkanes of at least 4 members (excludes halogenated alkanes) is 9. The van der Waals surface area contributed by atoms with Gasteiger partial charge < -0.3 is 10.2 Å². The maximum atomic E-state index is 10.7. The first-order valence-corrected chi connectivity index (χ1v) is 7.85. The number of carboxylic acids is 2. The number of aliphatic carboxylic acids is 2. The summed E-state index contributed by atoms with van der Waals surface area (Å²) in [6.45, 7) is 3.48. The Morgan fingerprint density at radius 3 is 1.71 bits per heavy atom. The van der Waals surface area contributed by atoms with Gasteiger partial charge in [-0.2, -0.15) is 0 Å². The third kappa shape index (κ3) is 13.2. The van der Waals surface area contributed by atoms with Crippen LogP contribution in [0.15, 0.2) is 24.3 Å². The lowest BCUT2D eigenvalue weighted by Crippen LogP contribution is -1.96. The average Bonchev–Trinajstić information content (AvgIpc) is 2.43. The van der Waals surface area contributed by atoms with Crippen LogP contribution < -0.4 is 0 Å². The van der Waals surface area contributed by atoms with Gasteiger partial charge in [0.1, 0.15) is 0 Å². The van der Waals surface area contributed by atoms with Crippen LogP contribution in [0, 0.1) is 0 Å². The summed E-state index contributed by atoms with van der Waals surface area (Å²) in [5.74, 6) is -1.61. The van der Waals surface area contributed by atoms with E-state index in [1.54, 1.807) is 6.08 Å². The van der Waals surface area contributed by atoms with Gasteiger partial charge in [0.25, 0.3) is 0 Å². The van der Waals surface area contributed by atoms with Crippen molar-refractivity contribution in [1.82, 2.24) is 0 Å². The largest absolute Gasteiger partial charge is 0.481 e. The Morgan fingerprint density at radius 1 is 0.810 bits per heavy atom. The van der Waals surface area contributed by atoms with Crippen molar-refractivity contribution in [3.05, 3.63) is 24.3 Å². The molecule has 0 fully saturated rings. The molecule has 0 aromatic carbocycles. The summed E-state index contributed by atoms with van der Waals surface area (Å²) >= 11 is 0. The fourth-order valence-corrected chi connectivity index (χ4v) is 2.17. The Morgan fingerprint density at radius 2 is 1.29 bits per heavy atom. The van der Waals surface area contributed by atoms with Gasteiger partial charge in [-0.1, -0.05) is 63.7 Å². The van der Waals surface area contributed by atoms with Gasteiger partial charge in [0, 0.05) is 6.42 Å². The standard InChI is InChI=1S/C17H28O4/c1-2-15(17(20)21)13-11-9-7-5-3-4-6-8-10-12-14-16(18)19/h2,13H,1,3-12,14H2,(H,18,19)(H,20,21). The summed E-state index contributed by atoms with van der Waals surface area (Å²) < 4.78 is 0. The zero-order chi connectivity index (χ0) is 15.9. The quantitative estimate of drug-likeness (QED) is 0.280.